The zero-order valence-corrected chi connectivity index (χ0v) is 21.0. The molecule has 1 aliphatic heterocycles. The molecule has 0 unspecified atom stereocenters. The number of ether oxygens (including phenoxy) is 1. The molecule has 2 heterocycles. The number of benzene rings is 2. The maximum Gasteiger partial charge on any atom is 0.233 e. The molecule has 35 heavy (non-hydrogen) atoms. The largest absolute Gasteiger partial charge is 0.497 e. The summed E-state index contributed by atoms with van der Waals surface area (Å²) in [5.74, 6) is 1.82. The number of rotatable bonds is 9. The summed E-state index contributed by atoms with van der Waals surface area (Å²) in [6.07, 6.45) is 2.88. The van der Waals surface area contributed by atoms with Gasteiger partial charge in [0.2, 0.25) is 17.8 Å². The van der Waals surface area contributed by atoms with Crippen LogP contribution in [0.1, 0.15) is 18.4 Å². The monoisotopic (exact) mass is 499 g/mol. The maximum atomic E-state index is 13.6. The van der Waals surface area contributed by atoms with Crippen molar-refractivity contribution in [3.63, 3.8) is 0 Å². The van der Waals surface area contributed by atoms with E-state index in [1.165, 1.54) is 17.7 Å². The first-order chi connectivity index (χ1) is 16.9. The molecule has 1 fully saturated rings. The van der Waals surface area contributed by atoms with Crippen LogP contribution in [0.3, 0.4) is 0 Å². The highest BCUT2D eigenvalue weighted by Gasteiger charge is 2.23. The van der Waals surface area contributed by atoms with E-state index < -0.39 is 5.82 Å². The average molecular weight is 500 g/mol. The molecule has 2 N–H and O–H groups in total. The first-order valence-corrected chi connectivity index (χ1v) is 12.1. The highest BCUT2D eigenvalue weighted by Crippen LogP contribution is 2.24. The molecule has 1 aliphatic rings. The van der Waals surface area contributed by atoms with E-state index in [0.29, 0.717) is 36.1 Å². The van der Waals surface area contributed by atoms with Crippen molar-refractivity contribution in [2.24, 2.45) is 0 Å². The second-order valence-electron chi connectivity index (χ2n) is 8.74. The molecule has 0 saturated carbocycles. The molecule has 10 heteroatoms. The topological polar surface area (TPSA) is 78.4 Å². The van der Waals surface area contributed by atoms with Crippen LogP contribution in [0.4, 0.5) is 27.9 Å². The number of aromatic nitrogens is 3. The summed E-state index contributed by atoms with van der Waals surface area (Å²) in [7, 11) is 5.89. The van der Waals surface area contributed by atoms with E-state index in [9.17, 15) is 4.39 Å². The Morgan fingerprint density at radius 2 is 1.77 bits per heavy atom. The number of hydrogen-bond donors (Lipinski definition) is 2. The van der Waals surface area contributed by atoms with Gasteiger partial charge in [-0.1, -0.05) is 23.7 Å². The van der Waals surface area contributed by atoms with Gasteiger partial charge in [-0.15, -0.1) is 0 Å². The number of hydrogen-bond acceptors (Lipinski definition) is 8. The molecule has 1 saturated heterocycles. The van der Waals surface area contributed by atoms with Crippen molar-refractivity contribution >= 4 is 35.1 Å². The Kier molecular flexibility index (Phi) is 8.20. The number of piperidine rings is 1. The van der Waals surface area contributed by atoms with Gasteiger partial charge in [-0.2, -0.15) is 15.0 Å². The van der Waals surface area contributed by atoms with Gasteiger partial charge in [0.15, 0.2) is 0 Å². The SMILES string of the molecule is COc1ccc(CCNc2nc(Nc3ccc(F)c(Cl)c3)nc(N3CCC(N(C)C)CC3)n2)cc1. The van der Waals surface area contributed by atoms with E-state index in [-0.39, 0.29) is 5.02 Å². The van der Waals surface area contributed by atoms with Crippen molar-refractivity contribution in [3.05, 3.63) is 58.9 Å². The molecule has 0 atom stereocenters. The van der Waals surface area contributed by atoms with E-state index in [0.717, 1.165) is 38.1 Å². The van der Waals surface area contributed by atoms with Gasteiger partial charge in [0.1, 0.15) is 11.6 Å². The summed E-state index contributed by atoms with van der Waals surface area (Å²) in [5.41, 5.74) is 1.78. The number of nitrogens with one attached hydrogen (secondary N) is 2. The lowest BCUT2D eigenvalue weighted by Gasteiger charge is -2.35. The van der Waals surface area contributed by atoms with Gasteiger partial charge in [0.05, 0.1) is 12.1 Å². The van der Waals surface area contributed by atoms with E-state index in [2.05, 4.69) is 44.5 Å². The summed E-state index contributed by atoms with van der Waals surface area (Å²) < 4.78 is 18.8. The molecule has 0 radical (unpaired) electrons. The predicted molar refractivity (Wildman–Crippen MR) is 139 cm³/mol. The Morgan fingerprint density at radius 1 is 1.06 bits per heavy atom. The molecule has 0 amide bonds. The Labute approximate surface area is 210 Å². The minimum atomic E-state index is -0.474. The zero-order chi connectivity index (χ0) is 24.8. The average Bonchev–Trinajstić information content (AvgIpc) is 2.86. The van der Waals surface area contributed by atoms with Crippen LogP contribution in [0, 0.1) is 5.82 Å². The van der Waals surface area contributed by atoms with Gasteiger partial charge in [-0.3, -0.25) is 0 Å². The Bertz CT molecular complexity index is 1120. The fourth-order valence-electron chi connectivity index (χ4n) is 4.04. The van der Waals surface area contributed by atoms with Crippen molar-refractivity contribution < 1.29 is 9.13 Å². The third-order valence-corrected chi connectivity index (χ3v) is 6.42. The molecule has 2 aromatic carbocycles. The second kappa shape index (κ2) is 11.5. The van der Waals surface area contributed by atoms with Crippen molar-refractivity contribution in [2.75, 3.05) is 56.4 Å². The van der Waals surface area contributed by atoms with Gasteiger partial charge in [0, 0.05) is 31.4 Å². The summed E-state index contributed by atoms with van der Waals surface area (Å²) in [6.45, 7) is 2.38. The highest BCUT2D eigenvalue weighted by atomic mass is 35.5. The van der Waals surface area contributed by atoms with Crippen molar-refractivity contribution in [2.45, 2.75) is 25.3 Å². The van der Waals surface area contributed by atoms with Crippen LogP contribution >= 0.6 is 11.6 Å². The zero-order valence-electron chi connectivity index (χ0n) is 20.3. The van der Waals surface area contributed by atoms with E-state index in [4.69, 9.17) is 21.3 Å². The first kappa shape index (κ1) is 24.9. The number of methoxy groups -OCH3 is 1. The molecule has 3 aromatic rings. The number of halogens is 2. The summed E-state index contributed by atoms with van der Waals surface area (Å²) in [5, 5.41) is 6.49. The molecule has 186 valence electrons. The number of nitrogens with zero attached hydrogens (tertiary/aromatic N) is 5. The molecular weight excluding hydrogens is 469 g/mol. The fraction of sp³-hybridized carbons (Fsp3) is 0.400. The molecule has 0 bridgehead atoms. The van der Waals surface area contributed by atoms with Crippen LogP contribution in [0.25, 0.3) is 0 Å². The summed E-state index contributed by atoms with van der Waals surface area (Å²) in [6, 6.07) is 13.0. The smallest absolute Gasteiger partial charge is 0.233 e. The van der Waals surface area contributed by atoms with Crippen LogP contribution in [-0.4, -0.2) is 66.7 Å². The highest BCUT2D eigenvalue weighted by molar-refractivity contribution is 6.31. The van der Waals surface area contributed by atoms with Gasteiger partial charge in [-0.25, -0.2) is 4.39 Å². The number of anilines is 4. The van der Waals surface area contributed by atoms with Crippen molar-refractivity contribution in [1.82, 2.24) is 19.9 Å². The normalized spacial score (nSPS) is 14.3. The third kappa shape index (κ3) is 6.70. The van der Waals surface area contributed by atoms with E-state index >= 15 is 0 Å². The molecule has 0 spiro atoms. The van der Waals surface area contributed by atoms with Crippen LogP contribution in [0.2, 0.25) is 5.02 Å². The van der Waals surface area contributed by atoms with Gasteiger partial charge < -0.3 is 25.2 Å². The standard InChI is InChI=1S/C25H31ClFN7O/c1-33(2)19-11-14-34(15-12-19)25-31-23(28-13-10-17-4-7-20(35-3)8-5-17)30-24(32-25)29-18-6-9-22(27)21(26)16-18/h4-9,16,19H,10-15H2,1-3H3,(H2,28,29,30,31,32). The summed E-state index contributed by atoms with van der Waals surface area (Å²) in [4.78, 5) is 18.3. The fourth-order valence-corrected chi connectivity index (χ4v) is 4.22. The van der Waals surface area contributed by atoms with Crippen molar-refractivity contribution in [3.8, 4) is 5.75 Å². The lowest BCUT2D eigenvalue weighted by Crippen LogP contribution is -2.42. The second-order valence-corrected chi connectivity index (χ2v) is 9.15. The molecule has 8 nitrogen and oxygen atoms in total. The maximum absolute atomic E-state index is 13.6. The van der Waals surface area contributed by atoms with Crippen molar-refractivity contribution in [1.29, 1.82) is 0 Å². The predicted octanol–water partition coefficient (Wildman–Crippen LogP) is 4.60. The van der Waals surface area contributed by atoms with Crippen LogP contribution in [-0.2, 0) is 6.42 Å². The van der Waals surface area contributed by atoms with Gasteiger partial charge in [-0.05, 0) is 69.3 Å². The van der Waals surface area contributed by atoms with Gasteiger partial charge in [0.25, 0.3) is 0 Å². The van der Waals surface area contributed by atoms with Gasteiger partial charge >= 0.3 is 0 Å². The Balaban J connectivity index is 1.50. The van der Waals surface area contributed by atoms with E-state index in [1.807, 2.05) is 24.3 Å². The van der Waals surface area contributed by atoms with Crippen LogP contribution in [0.5, 0.6) is 5.75 Å². The molecule has 1 aromatic heterocycles. The van der Waals surface area contributed by atoms with E-state index in [1.54, 1.807) is 13.2 Å². The minimum Gasteiger partial charge on any atom is -0.497 e. The van der Waals surface area contributed by atoms with Crippen LogP contribution < -0.4 is 20.3 Å². The van der Waals surface area contributed by atoms with Crippen LogP contribution in [0.15, 0.2) is 42.5 Å². The molecule has 4 rings (SSSR count). The third-order valence-electron chi connectivity index (χ3n) is 6.13. The first-order valence-electron chi connectivity index (χ1n) is 11.7. The molecule has 0 aliphatic carbocycles. The quantitative estimate of drug-likeness (QED) is 0.442. The Morgan fingerprint density at radius 3 is 2.43 bits per heavy atom. The minimum absolute atomic E-state index is 0.0351. The summed E-state index contributed by atoms with van der Waals surface area (Å²) >= 11 is 5.95. The molecular formula is C25H31ClFN7O. The lowest BCUT2D eigenvalue weighted by atomic mass is 10.0. The Hall–Kier alpha value is -3.17. The lowest BCUT2D eigenvalue weighted by molar-refractivity contribution is 0.249.